The first-order chi connectivity index (χ1) is 7.65. The smallest absolute Gasteiger partial charge is 0.409 e. The summed E-state index contributed by atoms with van der Waals surface area (Å²) < 4.78 is 5.41. The maximum atomic E-state index is 10.5. The van der Waals surface area contributed by atoms with Crippen LogP contribution in [0.4, 0.5) is 10.5 Å². The summed E-state index contributed by atoms with van der Waals surface area (Å²) in [5.74, 6) is 1.46. The number of anilines is 1. The highest BCUT2D eigenvalue weighted by Crippen LogP contribution is 2.23. The molecule has 0 aromatic carbocycles. The highest BCUT2D eigenvalue weighted by molar-refractivity contribution is 5.83. The van der Waals surface area contributed by atoms with E-state index >= 15 is 0 Å². The Bertz CT molecular complexity index is 519. The number of aryl methyl sites for hydroxylation is 1. The lowest BCUT2D eigenvalue weighted by Gasteiger charge is -2.01. The summed E-state index contributed by atoms with van der Waals surface area (Å²) in [4.78, 5) is 14.4. The molecule has 0 aliphatic carbocycles. The van der Waals surface area contributed by atoms with Gasteiger partial charge in [0.1, 0.15) is 11.5 Å². The standard InChI is InChI=1S/C11H10N2O3/c1-7-2-3-10(16-7)8-4-9(6-12-5-8)13-11(14)15/h2-6,13H,1H3,(H,14,15). The zero-order chi connectivity index (χ0) is 11.5. The minimum absolute atomic E-state index is 0.416. The van der Waals surface area contributed by atoms with E-state index in [0.29, 0.717) is 11.4 Å². The Kier molecular flexibility index (Phi) is 2.59. The van der Waals surface area contributed by atoms with Crippen molar-refractivity contribution in [3.8, 4) is 11.3 Å². The zero-order valence-corrected chi connectivity index (χ0v) is 8.60. The van der Waals surface area contributed by atoms with E-state index in [9.17, 15) is 4.79 Å². The van der Waals surface area contributed by atoms with Gasteiger partial charge >= 0.3 is 6.09 Å². The van der Waals surface area contributed by atoms with Crippen LogP contribution in [-0.2, 0) is 0 Å². The van der Waals surface area contributed by atoms with E-state index < -0.39 is 6.09 Å². The molecule has 2 aromatic rings. The largest absolute Gasteiger partial charge is 0.465 e. The van der Waals surface area contributed by atoms with Gasteiger partial charge < -0.3 is 9.52 Å². The molecule has 0 radical (unpaired) electrons. The molecule has 0 fully saturated rings. The number of amides is 1. The van der Waals surface area contributed by atoms with Crippen LogP contribution < -0.4 is 5.32 Å². The molecule has 5 nitrogen and oxygen atoms in total. The number of carboxylic acid groups (broad SMARTS) is 1. The fraction of sp³-hybridized carbons (Fsp3) is 0.0909. The lowest BCUT2D eigenvalue weighted by molar-refractivity contribution is 0.209. The first-order valence-corrected chi connectivity index (χ1v) is 4.67. The molecule has 0 saturated heterocycles. The Morgan fingerprint density at radius 1 is 1.44 bits per heavy atom. The van der Waals surface area contributed by atoms with Gasteiger partial charge in [-0.05, 0) is 25.1 Å². The van der Waals surface area contributed by atoms with Crippen LogP contribution in [0.5, 0.6) is 0 Å². The van der Waals surface area contributed by atoms with Crippen LogP contribution in [0.2, 0.25) is 0 Å². The minimum Gasteiger partial charge on any atom is -0.465 e. The number of nitrogens with one attached hydrogen (secondary N) is 1. The summed E-state index contributed by atoms with van der Waals surface area (Å²) >= 11 is 0. The number of aromatic nitrogens is 1. The topological polar surface area (TPSA) is 75.4 Å². The van der Waals surface area contributed by atoms with E-state index in [1.807, 2.05) is 19.1 Å². The molecule has 0 aliphatic heterocycles. The normalized spacial score (nSPS) is 10.1. The van der Waals surface area contributed by atoms with Crippen molar-refractivity contribution in [2.45, 2.75) is 6.92 Å². The first kappa shape index (κ1) is 10.2. The second-order valence-corrected chi connectivity index (χ2v) is 3.30. The van der Waals surface area contributed by atoms with Crippen LogP contribution in [0.25, 0.3) is 11.3 Å². The molecule has 16 heavy (non-hydrogen) atoms. The summed E-state index contributed by atoms with van der Waals surface area (Å²) in [5, 5.41) is 10.8. The molecule has 2 N–H and O–H groups in total. The number of rotatable bonds is 2. The van der Waals surface area contributed by atoms with E-state index in [1.54, 1.807) is 12.3 Å². The van der Waals surface area contributed by atoms with Crippen LogP contribution in [0.3, 0.4) is 0 Å². The molecule has 5 heteroatoms. The fourth-order valence-corrected chi connectivity index (χ4v) is 1.36. The van der Waals surface area contributed by atoms with Crippen molar-refractivity contribution in [3.63, 3.8) is 0 Å². The molecule has 0 spiro atoms. The highest BCUT2D eigenvalue weighted by Gasteiger charge is 2.05. The van der Waals surface area contributed by atoms with E-state index in [0.717, 1.165) is 11.3 Å². The number of hydrogen-bond acceptors (Lipinski definition) is 3. The summed E-state index contributed by atoms with van der Waals surface area (Å²) in [5.41, 5.74) is 1.15. The van der Waals surface area contributed by atoms with Crippen LogP contribution in [-0.4, -0.2) is 16.2 Å². The monoisotopic (exact) mass is 218 g/mol. The van der Waals surface area contributed by atoms with Gasteiger partial charge in [0, 0.05) is 11.8 Å². The van der Waals surface area contributed by atoms with E-state index in [-0.39, 0.29) is 0 Å². The minimum atomic E-state index is -1.12. The summed E-state index contributed by atoms with van der Waals surface area (Å²) in [6.45, 7) is 1.84. The third-order valence-electron chi connectivity index (χ3n) is 2.01. The van der Waals surface area contributed by atoms with Gasteiger partial charge in [-0.1, -0.05) is 0 Å². The van der Waals surface area contributed by atoms with Gasteiger partial charge in [-0.2, -0.15) is 0 Å². The first-order valence-electron chi connectivity index (χ1n) is 4.67. The van der Waals surface area contributed by atoms with Crippen LogP contribution >= 0.6 is 0 Å². The van der Waals surface area contributed by atoms with Gasteiger partial charge in [0.05, 0.1) is 11.9 Å². The molecule has 82 valence electrons. The van der Waals surface area contributed by atoms with E-state index in [4.69, 9.17) is 9.52 Å². The second-order valence-electron chi connectivity index (χ2n) is 3.30. The Labute approximate surface area is 91.7 Å². The van der Waals surface area contributed by atoms with Gasteiger partial charge in [-0.15, -0.1) is 0 Å². The lowest BCUT2D eigenvalue weighted by Crippen LogP contribution is -2.07. The maximum absolute atomic E-state index is 10.5. The van der Waals surface area contributed by atoms with Crippen molar-refractivity contribution in [3.05, 3.63) is 36.4 Å². The van der Waals surface area contributed by atoms with Gasteiger partial charge in [0.2, 0.25) is 0 Å². The molecule has 0 aliphatic rings. The van der Waals surface area contributed by atoms with Crippen molar-refractivity contribution < 1.29 is 14.3 Å². The summed E-state index contributed by atoms with van der Waals surface area (Å²) in [6, 6.07) is 5.32. The van der Waals surface area contributed by atoms with Crippen molar-refractivity contribution >= 4 is 11.8 Å². The maximum Gasteiger partial charge on any atom is 0.409 e. The predicted molar refractivity (Wildman–Crippen MR) is 58.3 cm³/mol. The number of nitrogens with zero attached hydrogens (tertiary/aromatic N) is 1. The third-order valence-corrected chi connectivity index (χ3v) is 2.01. The van der Waals surface area contributed by atoms with Crippen molar-refractivity contribution in [2.24, 2.45) is 0 Å². The average molecular weight is 218 g/mol. The molecule has 0 bridgehead atoms. The molecule has 0 atom stereocenters. The number of pyridine rings is 1. The van der Waals surface area contributed by atoms with E-state index in [2.05, 4.69) is 10.3 Å². The van der Waals surface area contributed by atoms with Crippen molar-refractivity contribution in [1.29, 1.82) is 0 Å². The number of hydrogen-bond donors (Lipinski definition) is 2. The lowest BCUT2D eigenvalue weighted by atomic mass is 10.2. The van der Waals surface area contributed by atoms with Crippen LogP contribution in [0.15, 0.2) is 35.0 Å². The molecule has 1 amide bonds. The fourth-order valence-electron chi connectivity index (χ4n) is 1.36. The Morgan fingerprint density at radius 3 is 2.88 bits per heavy atom. The van der Waals surface area contributed by atoms with Crippen LogP contribution in [0.1, 0.15) is 5.76 Å². The third kappa shape index (κ3) is 2.20. The quantitative estimate of drug-likeness (QED) is 0.812. The predicted octanol–water partition coefficient (Wildman–Crippen LogP) is 2.74. The Hall–Kier alpha value is -2.30. The van der Waals surface area contributed by atoms with Crippen LogP contribution in [0, 0.1) is 6.92 Å². The zero-order valence-electron chi connectivity index (χ0n) is 8.60. The molecular weight excluding hydrogens is 208 g/mol. The van der Waals surface area contributed by atoms with Gasteiger partial charge in [0.15, 0.2) is 0 Å². The van der Waals surface area contributed by atoms with Gasteiger partial charge in [-0.25, -0.2) is 4.79 Å². The average Bonchev–Trinajstić information content (AvgIpc) is 2.64. The highest BCUT2D eigenvalue weighted by atomic mass is 16.4. The molecule has 2 aromatic heterocycles. The second kappa shape index (κ2) is 4.06. The molecule has 0 saturated carbocycles. The number of carbonyl (C=O) groups is 1. The Morgan fingerprint density at radius 2 is 2.25 bits per heavy atom. The van der Waals surface area contributed by atoms with E-state index in [1.165, 1.54) is 6.20 Å². The number of furan rings is 1. The molecule has 2 rings (SSSR count). The summed E-state index contributed by atoms with van der Waals surface area (Å²) in [7, 11) is 0. The van der Waals surface area contributed by atoms with Gasteiger partial charge in [0.25, 0.3) is 0 Å². The molecule has 2 heterocycles. The molecular formula is C11H10N2O3. The Balaban J connectivity index is 2.32. The summed E-state index contributed by atoms with van der Waals surface area (Å²) in [6.07, 6.45) is 1.94. The SMILES string of the molecule is Cc1ccc(-c2cncc(NC(=O)O)c2)o1. The molecule has 0 unspecified atom stereocenters. The van der Waals surface area contributed by atoms with Gasteiger partial charge in [-0.3, -0.25) is 10.3 Å². The van der Waals surface area contributed by atoms with Crippen molar-refractivity contribution in [1.82, 2.24) is 4.98 Å². The van der Waals surface area contributed by atoms with Crippen molar-refractivity contribution in [2.75, 3.05) is 5.32 Å².